The number of aromatic nitrogens is 1. The van der Waals surface area contributed by atoms with E-state index in [1.807, 2.05) is 0 Å². The Morgan fingerprint density at radius 3 is 2.41 bits per heavy atom. The van der Waals surface area contributed by atoms with Crippen LogP contribution in [-0.4, -0.2) is 28.6 Å². The highest BCUT2D eigenvalue weighted by atomic mass is 19.4. The zero-order valence-electron chi connectivity index (χ0n) is 9.83. The predicted octanol–water partition coefficient (Wildman–Crippen LogP) is 2.44. The summed E-state index contributed by atoms with van der Waals surface area (Å²) in [5.74, 6) is 0. The number of anilines is 1. The van der Waals surface area contributed by atoms with E-state index in [0.29, 0.717) is 11.4 Å². The standard InChI is InChI=1S/C11H16F3N3/c1-8(2)17(7-11(12,13)14)6-10-4-3-9(15)5-16-10/h3-5,8H,6-7,15H2,1-2H3. The van der Waals surface area contributed by atoms with Crippen molar-refractivity contribution < 1.29 is 13.2 Å². The number of nitrogens with two attached hydrogens (primary N) is 1. The van der Waals surface area contributed by atoms with Gasteiger partial charge in [-0.25, -0.2) is 0 Å². The van der Waals surface area contributed by atoms with Gasteiger partial charge in [-0.15, -0.1) is 0 Å². The SMILES string of the molecule is CC(C)N(Cc1ccc(N)cn1)CC(F)(F)F. The minimum Gasteiger partial charge on any atom is -0.397 e. The maximum absolute atomic E-state index is 12.4. The van der Waals surface area contributed by atoms with Gasteiger partial charge in [0.1, 0.15) is 0 Å². The van der Waals surface area contributed by atoms with Gasteiger partial charge in [0.05, 0.1) is 24.1 Å². The molecule has 1 aromatic heterocycles. The molecule has 0 amide bonds. The van der Waals surface area contributed by atoms with Crippen molar-refractivity contribution in [3.05, 3.63) is 24.0 Å². The fourth-order valence-corrected chi connectivity index (χ4v) is 1.39. The zero-order chi connectivity index (χ0) is 13.1. The highest BCUT2D eigenvalue weighted by Gasteiger charge is 2.31. The third-order valence-electron chi connectivity index (χ3n) is 2.33. The smallest absolute Gasteiger partial charge is 0.397 e. The average molecular weight is 247 g/mol. The van der Waals surface area contributed by atoms with E-state index in [0.717, 1.165) is 0 Å². The van der Waals surface area contributed by atoms with Crippen molar-refractivity contribution in [2.45, 2.75) is 32.6 Å². The lowest BCUT2D eigenvalue weighted by Gasteiger charge is -2.27. The van der Waals surface area contributed by atoms with Crippen LogP contribution in [0.15, 0.2) is 18.3 Å². The molecule has 96 valence electrons. The molecule has 0 aliphatic carbocycles. The molecule has 0 fully saturated rings. The molecule has 0 aliphatic heterocycles. The number of alkyl halides is 3. The van der Waals surface area contributed by atoms with Crippen LogP contribution in [-0.2, 0) is 6.54 Å². The van der Waals surface area contributed by atoms with Crippen molar-refractivity contribution in [3.63, 3.8) is 0 Å². The van der Waals surface area contributed by atoms with E-state index in [1.54, 1.807) is 26.0 Å². The molecule has 0 atom stereocenters. The van der Waals surface area contributed by atoms with Crippen molar-refractivity contribution in [3.8, 4) is 0 Å². The first kappa shape index (κ1) is 13.8. The maximum atomic E-state index is 12.4. The van der Waals surface area contributed by atoms with Crippen LogP contribution in [0.1, 0.15) is 19.5 Å². The summed E-state index contributed by atoms with van der Waals surface area (Å²) in [5, 5.41) is 0. The first-order valence-corrected chi connectivity index (χ1v) is 5.29. The Bertz CT molecular complexity index is 346. The molecule has 6 heteroatoms. The van der Waals surface area contributed by atoms with Crippen molar-refractivity contribution in [2.24, 2.45) is 0 Å². The van der Waals surface area contributed by atoms with E-state index in [1.165, 1.54) is 11.1 Å². The van der Waals surface area contributed by atoms with E-state index in [2.05, 4.69) is 4.98 Å². The van der Waals surface area contributed by atoms with Crippen LogP contribution in [0.25, 0.3) is 0 Å². The number of hydrogen-bond donors (Lipinski definition) is 1. The number of rotatable bonds is 4. The van der Waals surface area contributed by atoms with Gasteiger partial charge in [-0.05, 0) is 26.0 Å². The summed E-state index contributed by atoms with van der Waals surface area (Å²) in [4.78, 5) is 5.31. The van der Waals surface area contributed by atoms with Gasteiger partial charge >= 0.3 is 6.18 Å². The fourth-order valence-electron chi connectivity index (χ4n) is 1.39. The highest BCUT2D eigenvalue weighted by Crippen LogP contribution is 2.19. The Balaban J connectivity index is 2.70. The van der Waals surface area contributed by atoms with Crippen molar-refractivity contribution in [2.75, 3.05) is 12.3 Å². The molecule has 0 aliphatic rings. The van der Waals surface area contributed by atoms with Crippen LogP contribution >= 0.6 is 0 Å². The molecular weight excluding hydrogens is 231 g/mol. The van der Waals surface area contributed by atoms with Gasteiger partial charge < -0.3 is 5.73 Å². The largest absolute Gasteiger partial charge is 0.401 e. The number of halogens is 3. The molecule has 3 nitrogen and oxygen atoms in total. The molecule has 0 bridgehead atoms. The lowest BCUT2D eigenvalue weighted by Crippen LogP contribution is -2.38. The molecule has 0 saturated heterocycles. The molecule has 0 aromatic carbocycles. The summed E-state index contributed by atoms with van der Waals surface area (Å²) in [6.07, 6.45) is -2.75. The second kappa shape index (κ2) is 5.35. The molecule has 2 N–H and O–H groups in total. The Morgan fingerprint density at radius 2 is 2.00 bits per heavy atom. The lowest BCUT2D eigenvalue weighted by atomic mass is 10.2. The van der Waals surface area contributed by atoms with Gasteiger partial charge in [-0.2, -0.15) is 13.2 Å². The molecule has 17 heavy (non-hydrogen) atoms. The number of nitrogen functional groups attached to an aromatic ring is 1. The van der Waals surface area contributed by atoms with E-state index in [-0.39, 0.29) is 12.6 Å². The summed E-state index contributed by atoms with van der Waals surface area (Å²) in [7, 11) is 0. The van der Waals surface area contributed by atoms with Crippen molar-refractivity contribution in [1.82, 2.24) is 9.88 Å². The lowest BCUT2D eigenvalue weighted by molar-refractivity contribution is -0.151. The van der Waals surface area contributed by atoms with Gasteiger partial charge in [0, 0.05) is 12.6 Å². The van der Waals surface area contributed by atoms with Gasteiger partial charge in [0.25, 0.3) is 0 Å². The van der Waals surface area contributed by atoms with E-state index >= 15 is 0 Å². The average Bonchev–Trinajstić information content (AvgIpc) is 2.18. The number of hydrogen-bond acceptors (Lipinski definition) is 3. The van der Waals surface area contributed by atoms with Gasteiger partial charge in [0.15, 0.2) is 0 Å². The van der Waals surface area contributed by atoms with Gasteiger partial charge in [-0.3, -0.25) is 9.88 Å². The first-order valence-electron chi connectivity index (χ1n) is 5.29. The Morgan fingerprint density at radius 1 is 1.35 bits per heavy atom. The first-order chi connectivity index (χ1) is 7.78. The highest BCUT2D eigenvalue weighted by molar-refractivity contribution is 5.34. The van der Waals surface area contributed by atoms with E-state index in [4.69, 9.17) is 5.73 Å². The molecular formula is C11H16F3N3. The summed E-state index contributed by atoms with van der Waals surface area (Å²) in [6.45, 7) is 2.68. The van der Waals surface area contributed by atoms with Crippen molar-refractivity contribution in [1.29, 1.82) is 0 Å². The Kier molecular flexibility index (Phi) is 4.34. The third-order valence-corrected chi connectivity index (χ3v) is 2.33. The normalized spacial score (nSPS) is 12.4. The molecule has 1 heterocycles. The van der Waals surface area contributed by atoms with Crippen LogP contribution in [0.2, 0.25) is 0 Å². The molecule has 0 saturated carbocycles. The maximum Gasteiger partial charge on any atom is 0.401 e. The predicted molar refractivity (Wildman–Crippen MR) is 60.3 cm³/mol. The van der Waals surface area contributed by atoms with E-state index in [9.17, 15) is 13.2 Å². The molecule has 0 radical (unpaired) electrons. The summed E-state index contributed by atoms with van der Waals surface area (Å²) >= 11 is 0. The molecule has 1 aromatic rings. The summed E-state index contributed by atoms with van der Waals surface area (Å²) in [5.41, 5.74) is 6.54. The van der Waals surface area contributed by atoms with Crippen LogP contribution < -0.4 is 5.73 Å². The number of nitrogens with zero attached hydrogens (tertiary/aromatic N) is 2. The van der Waals surface area contributed by atoms with Crippen LogP contribution in [0, 0.1) is 0 Å². The van der Waals surface area contributed by atoms with Crippen LogP contribution in [0.5, 0.6) is 0 Å². The van der Waals surface area contributed by atoms with Crippen molar-refractivity contribution >= 4 is 5.69 Å². The summed E-state index contributed by atoms with van der Waals surface area (Å²) < 4.78 is 37.1. The fraction of sp³-hybridized carbons (Fsp3) is 0.545. The monoisotopic (exact) mass is 247 g/mol. The quantitative estimate of drug-likeness (QED) is 0.888. The van der Waals surface area contributed by atoms with Crippen LogP contribution in [0.3, 0.4) is 0 Å². The van der Waals surface area contributed by atoms with Crippen LogP contribution in [0.4, 0.5) is 18.9 Å². The minimum atomic E-state index is -4.20. The topological polar surface area (TPSA) is 42.1 Å². The second-order valence-corrected chi connectivity index (χ2v) is 4.20. The summed E-state index contributed by atoms with van der Waals surface area (Å²) in [6, 6.07) is 3.08. The molecule has 0 unspecified atom stereocenters. The molecule has 0 spiro atoms. The minimum absolute atomic E-state index is 0.164. The third kappa shape index (κ3) is 5.04. The van der Waals surface area contributed by atoms with E-state index < -0.39 is 12.7 Å². The second-order valence-electron chi connectivity index (χ2n) is 4.20. The number of pyridine rings is 1. The Labute approximate surface area is 98.4 Å². The zero-order valence-corrected chi connectivity index (χ0v) is 9.83. The Hall–Kier alpha value is -1.30. The van der Waals surface area contributed by atoms with Gasteiger partial charge in [0.2, 0.25) is 0 Å². The molecule has 1 rings (SSSR count). The van der Waals surface area contributed by atoms with Gasteiger partial charge in [-0.1, -0.05) is 0 Å².